The van der Waals surface area contributed by atoms with Crippen LogP contribution in [0.4, 0.5) is 0 Å². The topological polar surface area (TPSA) is 52.6 Å². The fourth-order valence-electron chi connectivity index (χ4n) is 1.69. The fourth-order valence-corrected chi connectivity index (χ4v) is 2.86. The molecule has 0 N–H and O–H groups in total. The van der Waals surface area contributed by atoms with Crippen molar-refractivity contribution in [3.05, 3.63) is 48.5 Å². The highest BCUT2D eigenvalue weighted by Gasteiger charge is 2.10. The van der Waals surface area contributed by atoms with Crippen LogP contribution in [0.1, 0.15) is 6.92 Å². The maximum Gasteiger partial charge on any atom is 0.379 e. The first-order valence-corrected chi connectivity index (χ1v) is 8.96. The highest BCUT2D eigenvalue weighted by atomic mass is 33.1. The number of Topliss-reactive ketones (excluding diaryl/α,β-unsaturated/α-hetero) is 1. The molecule has 0 saturated carbocycles. The maximum atomic E-state index is 11.2. The van der Waals surface area contributed by atoms with Crippen molar-refractivity contribution in [1.82, 2.24) is 0 Å². The van der Waals surface area contributed by atoms with E-state index in [1.54, 1.807) is 12.1 Å². The molecular weight excluding hydrogens is 339 g/mol. The summed E-state index contributed by atoms with van der Waals surface area (Å²) < 4.78 is 10.1. The first-order chi connectivity index (χ1) is 10.6. The summed E-state index contributed by atoms with van der Waals surface area (Å²) in [6, 6.07) is 14.9. The van der Waals surface area contributed by atoms with E-state index in [-0.39, 0.29) is 8.81 Å². The van der Waals surface area contributed by atoms with Crippen molar-refractivity contribution in [3.63, 3.8) is 0 Å². The number of rotatable bonds is 6. The van der Waals surface area contributed by atoms with Crippen LogP contribution in [-0.2, 0) is 13.6 Å². The minimum atomic E-state index is -0.861. The van der Waals surface area contributed by atoms with Gasteiger partial charge >= 0.3 is 5.97 Å². The van der Waals surface area contributed by atoms with Crippen LogP contribution in [0.2, 0.25) is 0 Å². The molecule has 0 saturated heterocycles. The summed E-state index contributed by atoms with van der Waals surface area (Å²) in [5.74, 6) is -1.14. The number of esters is 1. The molecule has 114 valence electrons. The Morgan fingerprint density at radius 3 is 2.05 bits per heavy atom. The summed E-state index contributed by atoms with van der Waals surface area (Å²) in [5, 5.41) is 1.08. The molecule has 2 rings (SSSR count). The third kappa shape index (κ3) is 4.85. The van der Waals surface area contributed by atoms with Crippen molar-refractivity contribution < 1.29 is 18.3 Å². The molecule has 0 heterocycles. The highest BCUT2D eigenvalue weighted by molar-refractivity contribution is 8.67. The molecular formula is C15H13O4PS2. The summed E-state index contributed by atoms with van der Waals surface area (Å²) in [6.45, 7) is 1.18. The quantitative estimate of drug-likeness (QED) is 0.164. The van der Waals surface area contributed by atoms with Crippen LogP contribution in [0.25, 0.3) is 11.1 Å². The first kappa shape index (κ1) is 17.0. The van der Waals surface area contributed by atoms with E-state index in [0.29, 0.717) is 5.75 Å². The number of hydrogen-bond acceptors (Lipinski definition) is 6. The van der Waals surface area contributed by atoms with Crippen LogP contribution in [0.5, 0.6) is 5.75 Å². The number of thiol groups is 1. The number of ether oxygens (including phenoxy) is 1. The second-order valence-corrected chi connectivity index (χ2v) is 6.35. The van der Waals surface area contributed by atoms with Crippen molar-refractivity contribution >= 4 is 48.6 Å². The molecule has 0 bridgehead atoms. The monoisotopic (exact) mass is 352 g/mol. The van der Waals surface area contributed by atoms with Crippen LogP contribution in [-0.4, -0.2) is 11.8 Å². The molecule has 1 atom stereocenters. The SMILES string of the molecule is CC(=O)C(=O)Oc1ccc(-c2ccc(POSS)cc2)cc1. The van der Waals surface area contributed by atoms with Crippen molar-refractivity contribution in [1.29, 1.82) is 0 Å². The number of ketones is 1. The number of benzene rings is 2. The summed E-state index contributed by atoms with van der Waals surface area (Å²) in [7, 11) is 0.248. The summed E-state index contributed by atoms with van der Waals surface area (Å²) in [4.78, 5) is 22.1. The molecule has 0 fully saturated rings. The molecule has 0 aliphatic carbocycles. The largest absolute Gasteiger partial charge is 0.421 e. The van der Waals surface area contributed by atoms with Crippen molar-refractivity contribution in [2.75, 3.05) is 0 Å². The molecule has 0 radical (unpaired) electrons. The van der Waals surface area contributed by atoms with Crippen molar-refractivity contribution in [2.45, 2.75) is 6.92 Å². The molecule has 0 aliphatic rings. The molecule has 1 unspecified atom stereocenters. The lowest BCUT2D eigenvalue weighted by molar-refractivity contribution is -0.146. The summed E-state index contributed by atoms with van der Waals surface area (Å²) in [6.07, 6.45) is 0. The van der Waals surface area contributed by atoms with Crippen LogP contribution in [0, 0.1) is 0 Å². The van der Waals surface area contributed by atoms with Gasteiger partial charge in [0.05, 0.1) is 19.9 Å². The van der Waals surface area contributed by atoms with Gasteiger partial charge in [0.25, 0.3) is 0 Å². The minimum Gasteiger partial charge on any atom is -0.421 e. The van der Waals surface area contributed by atoms with Gasteiger partial charge in [-0.3, -0.25) is 8.76 Å². The zero-order valence-electron chi connectivity index (χ0n) is 11.6. The Balaban J connectivity index is 2.06. The van der Waals surface area contributed by atoms with E-state index in [1.165, 1.54) is 6.92 Å². The lowest BCUT2D eigenvalue weighted by Gasteiger charge is -2.06. The predicted molar refractivity (Wildman–Crippen MR) is 93.8 cm³/mol. The minimum absolute atomic E-state index is 0.248. The zero-order valence-corrected chi connectivity index (χ0v) is 14.3. The van der Waals surface area contributed by atoms with Gasteiger partial charge in [0.15, 0.2) is 0 Å². The van der Waals surface area contributed by atoms with E-state index in [0.717, 1.165) is 27.5 Å². The van der Waals surface area contributed by atoms with Gasteiger partial charge in [-0.1, -0.05) is 48.1 Å². The lowest BCUT2D eigenvalue weighted by Crippen LogP contribution is -2.16. The van der Waals surface area contributed by atoms with E-state index in [1.807, 2.05) is 36.4 Å². The second kappa shape index (κ2) is 8.34. The normalized spacial score (nSPS) is 10.8. The average Bonchev–Trinajstić information content (AvgIpc) is 2.54. The molecule has 2 aromatic rings. The average molecular weight is 352 g/mol. The second-order valence-electron chi connectivity index (χ2n) is 4.31. The standard InChI is InChI=1S/C15H13O4PS2/c1-10(16)15(17)18-13-6-2-11(3-7-13)12-4-8-14(9-5-12)20-19-22-21/h2-9,20-21H,1H3. The van der Waals surface area contributed by atoms with Gasteiger partial charge < -0.3 is 4.74 Å². The van der Waals surface area contributed by atoms with E-state index in [4.69, 9.17) is 8.71 Å². The molecule has 0 aliphatic heterocycles. The number of carbonyl (C=O) groups excluding carboxylic acids is 2. The number of hydrogen-bond donors (Lipinski definition) is 1. The Kier molecular flexibility index (Phi) is 6.46. The van der Waals surface area contributed by atoms with Gasteiger partial charge in [-0.05, 0) is 23.3 Å². The van der Waals surface area contributed by atoms with Crippen LogP contribution in [0.3, 0.4) is 0 Å². The van der Waals surface area contributed by atoms with Crippen LogP contribution >= 0.6 is 31.5 Å². The highest BCUT2D eigenvalue weighted by Crippen LogP contribution is 2.26. The lowest BCUT2D eigenvalue weighted by atomic mass is 10.1. The van der Waals surface area contributed by atoms with Gasteiger partial charge in [0.1, 0.15) is 5.75 Å². The van der Waals surface area contributed by atoms with E-state index in [2.05, 4.69) is 11.7 Å². The Labute approximate surface area is 139 Å². The Morgan fingerprint density at radius 2 is 1.55 bits per heavy atom. The zero-order chi connectivity index (χ0) is 15.9. The van der Waals surface area contributed by atoms with Crippen LogP contribution < -0.4 is 10.0 Å². The van der Waals surface area contributed by atoms with Crippen molar-refractivity contribution in [3.8, 4) is 16.9 Å². The molecule has 0 spiro atoms. The molecule has 7 heteroatoms. The first-order valence-electron chi connectivity index (χ1n) is 6.26. The molecule has 2 aromatic carbocycles. The fraction of sp³-hybridized carbons (Fsp3) is 0.0667. The van der Waals surface area contributed by atoms with Crippen molar-refractivity contribution in [2.24, 2.45) is 0 Å². The maximum absolute atomic E-state index is 11.2. The molecule has 22 heavy (non-hydrogen) atoms. The molecule has 0 amide bonds. The van der Waals surface area contributed by atoms with E-state index in [9.17, 15) is 9.59 Å². The molecule has 0 aromatic heterocycles. The smallest absolute Gasteiger partial charge is 0.379 e. The van der Waals surface area contributed by atoms with E-state index < -0.39 is 11.8 Å². The summed E-state index contributed by atoms with van der Waals surface area (Å²) in [5.41, 5.74) is 2.03. The predicted octanol–water partition coefficient (Wildman–Crippen LogP) is 3.58. The Bertz CT molecular complexity index is 656. The van der Waals surface area contributed by atoms with Gasteiger partial charge in [-0.2, -0.15) is 0 Å². The number of carbonyl (C=O) groups is 2. The van der Waals surface area contributed by atoms with Gasteiger partial charge in [-0.25, -0.2) is 4.79 Å². The Hall–Kier alpha value is -1.33. The Morgan fingerprint density at radius 1 is 1.00 bits per heavy atom. The van der Waals surface area contributed by atoms with Gasteiger partial charge in [-0.15, -0.1) is 0 Å². The third-order valence-electron chi connectivity index (χ3n) is 2.77. The van der Waals surface area contributed by atoms with Gasteiger partial charge in [0, 0.05) is 12.2 Å². The summed E-state index contributed by atoms with van der Waals surface area (Å²) >= 11 is 4.97. The van der Waals surface area contributed by atoms with E-state index >= 15 is 0 Å². The van der Waals surface area contributed by atoms with Gasteiger partial charge in [0.2, 0.25) is 5.78 Å². The van der Waals surface area contributed by atoms with Crippen LogP contribution in [0.15, 0.2) is 48.5 Å². The molecule has 4 nitrogen and oxygen atoms in total. The third-order valence-corrected chi connectivity index (χ3v) is 4.64.